The Labute approximate surface area is 88.9 Å². The minimum Gasteiger partial charge on any atom is -0.337 e. The predicted molar refractivity (Wildman–Crippen MR) is 55.8 cm³/mol. The molecule has 2 N–H and O–H groups in total. The Balaban J connectivity index is 2.24. The molecule has 1 unspecified atom stereocenters. The molecular weight excluding hydrogens is 219 g/mol. The van der Waals surface area contributed by atoms with Crippen molar-refractivity contribution in [2.45, 2.75) is 0 Å². The number of nitrogens with zero attached hydrogens (tertiary/aromatic N) is 1. The molecular formula is C8H15N2O4P. The van der Waals surface area contributed by atoms with Crippen LogP contribution in [-0.2, 0) is 13.9 Å². The maximum absolute atomic E-state index is 11.5. The first-order valence-electron chi connectivity index (χ1n) is 4.72. The molecule has 1 amide bonds. The molecule has 0 spiro atoms. The number of carbonyl (C=O) groups is 1. The number of hydrogen-bond acceptors (Lipinski definition) is 4. The van der Waals surface area contributed by atoms with Gasteiger partial charge in [0.1, 0.15) is 0 Å². The van der Waals surface area contributed by atoms with E-state index in [1.165, 1.54) is 12.2 Å². The number of piperazine rings is 1. The molecule has 1 rings (SSSR count). The highest BCUT2D eigenvalue weighted by Gasteiger charge is 2.12. The predicted octanol–water partition coefficient (Wildman–Crippen LogP) is -0.627. The van der Waals surface area contributed by atoms with Gasteiger partial charge in [-0.15, -0.1) is 0 Å². The zero-order valence-electron chi connectivity index (χ0n) is 8.31. The lowest BCUT2D eigenvalue weighted by atomic mass is 10.3. The van der Waals surface area contributed by atoms with Crippen LogP contribution in [0.2, 0.25) is 0 Å². The van der Waals surface area contributed by atoms with E-state index >= 15 is 0 Å². The lowest BCUT2D eigenvalue weighted by molar-refractivity contribution is -0.126. The van der Waals surface area contributed by atoms with Gasteiger partial charge in [-0.25, -0.2) is 0 Å². The Bertz CT molecular complexity index is 263. The Morgan fingerprint density at radius 2 is 2.20 bits per heavy atom. The molecule has 1 aliphatic heterocycles. The van der Waals surface area contributed by atoms with Gasteiger partial charge in [0.2, 0.25) is 5.91 Å². The fourth-order valence-corrected chi connectivity index (χ4v) is 1.50. The number of nitrogens with one attached hydrogen (secondary N) is 1. The molecule has 1 aliphatic rings. The van der Waals surface area contributed by atoms with Gasteiger partial charge in [-0.1, -0.05) is 6.08 Å². The van der Waals surface area contributed by atoms with Gasteiger partial charge in [-0.05, 0) is 0 Å². The summed E-state index contributed by atoms with van der Waals surface area (Å²) in [6.07, 6.45) is 2.82. The minimum atomic E-state index is -2.89. The SMILES string of the molecule is O=C(C=CCO[PH](=O)O)N1CCNCC1. The van der Waals surface area contributed by atoms with E-state index in [1.807, 2.05) is 0 Å². The normalized spacial score (nSPS) is 19.4. The highest BCUT2D eigenvalue weighted by Crippen LogP contribution is 2.13. The lowest BCUT2D eigenvalue weighted by Crippen LogP contribution is -2.45. The van der Waals surface area contributed by atoms with E-state index in [9.17, 15) is 9.36 Å². The van der Waals surface area contributed by atoms with Crippen LogP contribution in [0.4, 0.5) is 0 Å². The van der Waals surface area contributed by atoms with Gasteiger partial charge < -0.3 is 19.6 Å². The average molecular weight is 234 g/mol. The van der Waals surface area contributed by atoms with Crippen LogP contribution in [0.3, 0.4) is 0 Å². The highest BCUT2D eigenvalue weighted by molar-refractivity contribution is 7.32. The minimum absolute atomic E-state index is 0.00781. The second-order valence-corrected chi connectivity index (χ2v) is 3.88. The van der Waals surface area contributed by atoms with E-state index in [4.69, 9.17) is 4.89 Å². The summed E-state index contributed by atoms with van der Waals surface area (Å²) in [4.78, 5) is 21.5. The summed E-state index contributed by atoms with van der Waals surface area (Å²) < 4.78 is 14.6. The Morgan fingerprint density at radius 1 is 1.53 bits per heavy atom. The topological polar surface area (TPSA) is 78.9 Å². The van der Waals surface area contributed by atoms with Gasteiger partial charge in [0, 0.05) is 32.3 Å². The first-order chi connectivity index (χ1) is 7.20. The summed E-state index contributed by atoms with van der Waals surface area (Å²) >= 11 is 0. The van der Waals surface area contributed by atoms with Crippen LogP contribution in [0.5, 0.6) is 0 Å². The Morgan fingerprint density at radius 3 is 2.80 bits per heavy atom. The molecule has 1 heterocycles. The second kappa shape index (κ2) is 6.74. The summed E-state index contributed by atoms with van der Waals surface area (Å²) in [5, 5.41) is 3.14. The molecule has 0 bridgehead atoms. The average Bonchev–Trinajstić information content (AvgIpc) is 2.25. The largest absolute Gasteiger partial charge is 0.337 e. The van der Waals surface area contributed by atoms with Crippen molar-refractivity contribution in [1.29, 1.82) is 0 Å². The van der Waals surface area contributed by atoms with Crippen LogP contribution in [0.15, 0.2) is 12.2 Å². The smallest absolute Gasteiger partial charge is 0.316 e. The number of carbonyl (C=O) groups excluding carboxylic acids is 1. The molecule has 1 atom stereocenters. The van der Waals surface area contributed by atoms with Crippen molar-refractivity contribution in [3.05, 3.63) is 12.2 Å². The van der Waals surface area contributed by atoms with E-state index in [1.54, 1.807) is 4.90 Å². The van der Waals surface area contributed by atoms with Gasteiger partial charge in [-0.3, -0.25) is 9.36 Å². The number of amides is 1. The van der Waals surface area contributed by atoms with Crippen LogP contribution in [0.1, 0.15) is 0 Å². The Hall–Kier alpha value is -0.680. The summed E-state index contributed by atoms with van der Waals surface area (Å²) in [5.41, 5.74) is 0. The van der Waals surface area contributed by atoms with Crippen molar-refractivity contribution < 1.29 is 18.8 Å². The van der Waals surface area contributed by atoms with E-state index in [0.29, 0.717) is 13.1 Å². The maximum atomic E-state index is 11.5. The van der Waals surface area contributed by atoms with E-state index in [-0.39, 0.29) is 12.5 Å². The lowest BCUT2D eigenvalue weighted by Gasteiger charge is -2.26. The summed E-state index contributed by atoms with van der Waals surface area (Å²) in [5.74, 6) is -0.0855. The van der Waals surface area contributed by atoms with Crippen LogP contribution in [0, 0.1) is 0 Å². The van der Waals surface area contributed by atoms with Gasteiger partial charge >= 0.3 is 8.25 Å². The zero-order valence-corrected chi connectivity index (χ0v) is 9.31. The third kappa shape index (κ3) is 5.09. The van der Waals surface area contributed by atoms with Gasteiger partial charge in [0.05, 0.1) is 6.61 Å². The van der Waals surface area contributed by atoms with E-state index in [2.05, 4.69) is 9.84 Å². The van der Waals surface area contributed by atoms with Crippen molar-refractivity contribution in [1.82, 2.24) is 10.2 Å². The van der Waals surface area contributed by atoms with Crippen molar-refractivity contribution in [3.8, 4) is 0 Å². The molecule has 1 saturated heterocycles. The molecule has 1 fully saturated rings. The maximum Gasteiger partial charge on any atom is 0.316 e. The molecule has 0 radical (unpaired) electrons. The number of rotatable bonds is 4. The molecule has 6 nitrogen and oxygen atoms in total. The molecule has 0 aromatic rings. The van der Waals surface area contributed by atoms with Crippen LogP contribution in [-0.4, -0.2) is 48.5 Å². The summed E-state index contributed by atoms with van der Waals surface area (Å²) in [7, 11) is -2.89. The standard InChI is InChI=1S/C8H15N2O4P/c11-8(2-1-7-14-15(12)13)10-5-3-9-4-6-10/h1-2,9,15H,3-7H2,(H,12,13). The van der Waals surface area contributed by atoms with Crippen molar-refractivity contribution in [2.75, 3.05) is 32.8 Å². The van der Waals surface area contributed by atoms with Gasteiger partial charge in [0.15, 0.2) is 0 Å². The summed E-state index contributed by atoms with van der Waals surface area (Å²) in [6, 6.07) is 0. The van der Waals surface area contributed by atoms with E-state index in [0.717, 1.165) is 13.1 Å². The molecule has 0 aliphatic carbocycles. The fourth-order valence-electron chi connectivity index (χ4n) is 1.26. The Kier molecular flexibility index (Phi) is 5.57. The van der Waals surface area contributed by atoms with Gasteiger partial charge in [0.25, 0.3) is 0 Å². The van der Waals surface area contributed by atoms with Crippen LogP contribution in [0.25, 0.3) is 0 Å². The third-order valence-electron chi connectivity index (χ3n) is 1.99. The van der Waals surface area contributed by atoms with Crippen LogP contribution >= 0.6 is 8.25 Å². The zero-order chi connectivity index (χ0) is 11.1. The molecule has 0 aromatic carbocycles. The molecule has 86 valence electrons. The first kappa shape index (κ1) is 12.4. The number of hydrogen-bond donors (Lipinski definition) is 2. The molecule has 0 saturated carbocycles. The van der Waals surface area contributed by atoms with Gasteiger partial charge in [-0.2, -0.15) is 0 Å². The quantitative estimate of drug-likeness (QED) is 0.500. The van der Waals surface area contributed by atoms with E-state index < -0.39 is 8.25 Å². The van der Waals surface area contributed by atoms with Crippen molar-refractivity contribution in [3.63, 3.8) is 0 Å². The first-order valence-corrected chi connectivity index (χ1v) is 5.98. The molecule has 7 heteroatoms. The summed E-state index contributed by atoms with van der Waals surface area (Å²) in [6.45, 7) is 2.99. The molecule has 15 heavy (non-hydrogen) atoms. The van der Waals surface area contributed by atoms with Crippen LogP contribution < -0.4 is 5.32 Å². The highest BCUT2D eigenvalue weighted by atomic mass is 31.1. The van der Waals surface area contributed by atoms with Crippen molar-refractivity contribution in [2.24, 2.45) is 0 Å². The fraction of sp³-hybridized carbons (Fsp3) is 0.625. The second-order valence-electron chi connectivity index (χ2n) is 3.05. The third-order valence-corrected chi connectivity index (χ3v) is 2.41. The monoisotopic (exact) mass is 234 g/mol. The van der Waals surface area contributed by atoms with Crippen molar-refractivity contribution >= 4 is 14.2 Å². The molecule has 0 aromatic heterocycles.